The second-order valence-corrected chi connectivity index (χ2v) is 9.67. The third-order valence-corrected chi connectivity index (χ3v) is 6.69. The largest absolute Gasteiger partial charge is 0.352 e. The number of carbonyl (C=O) groups is 2. The molecule has 178 valence electrons. The summed E-state index contributed by atoms with van der Waals surface area (Å²) in [6.45, 7) is 6.02. The highest BCUT2D eigenvalue weighted by Gasteiger charge is 2.25. The molecule has 0 aliphatic heterocycles. The molecule has 3 N–H and O–H groups in total. The fraction of sp³-hybridized carbons (Fsp3) is 0.545. The number of nitro groups is 1. The van der Waals surface area contributed by atoms with E-state index in [0.717, 1.165) is 19.3 Å². The molecule has 1 aromatic heterocycles. The predicted molar refractivity (Wildman–Crippen MR) is 125 cm³/mol. The summed E-state index contributed by atoms with van der Waals surface area (Å²) in [5, 5.41) is 24.4. The molecule has 1 aliphatic carbocycles. The normalized spacial score (nSPS) is 19.2. The van der Waals surface area contributed by atoms with Gasteiger partial charge in [-0.05, 0) is 30.7 Å². The Morgan fingerprint density at radius 2 is 2.06 bits per heavy atom. The zero-order valence-corrected chi connectivity index (χ0v) is 19.9. The van der Waals surface area contributed by atoms with Gasteiger partial charge in [0, 0.05) is 23.7 Å². The van der Waals surface area contributed by atoms with E-state index in [9.17, 15) is 19.7 Å². The van der Waals surface area contributed by atoms with Crippen molar-refractivity contribution < 1.29 is 14.5 Å². The number of aromatic amines is 1. The van der Waals surface area contributed by atoms with Crippen molar-refractivity contribution in [3.8, 4) is 0 Å². The minimum Gasteiger partial charge on any atom is -0.352 e. The molecule has 10 nitrogen and oxygen atoms in total. The van der Waals surface area contributed by atoms with Gasteiger partial charge in [0.2, 0.25) is 11.1 Å². The molecular formula is C22H30N6O4S. The SMILES string of the molecule is CC(C)[C@H](NC(=O)c1cccc([N+](=O)[O-])c1)c1nc(SCC(=O)N[C@H]2CCCC[C@H]2C)n[nH]1. The summed E-state index contributed by atoms with van der Waals surface area (Å²) in [7, 11) is 0. The molecule has 1 fully saturated rings. The van der Waals surface area contributed by atoms with Gasteiger partial charge in [-0.25, -0.2) is 4.98 Å². The van der Waals surface area contributed by atoms with E-state index in [1.54, 1.807) is 0 Å². The highest BCUT2D eigenvalue weighted by Crippen LogP contribution is 2.25. The molecule has 1 saturated carbocycles. The van der Waals surface area contributed by atoms with E-state index in [4.69, 9.17) is 0 Å². The molecular weight excluding hydrogens is 444 g/mol. The van der Waals surface area contributed by atoms with Crippen LogP contribution in [0.5, 0.6) is 0 Å². The molecule has 0 saturated heterocycles. The van der Waals surface area contributed by atoms with Gasteiger partial charge in [-0.15, -0.1) is 5.10 Å². The second kappa shape index (κ2) is 11.3. The Morgan fingerprint density at radius 1 is 1.30 bits per heavy atom. The lowest BCUT2D eigenvalue weighted by molar-refractivity contribution is -0.384. The first-order valence-corrected chi connectivity index (χ1v) is 12.1. The number of benzene rings is 1. The zero-order valence-electron chi connectivity index (χ0n) is 19.0. The van der Waals surface area contributed by atoms with Crippen LogP contribution in [0.4, 0.5) is 5.69 Å². The van der Waals surface area contributed by atoms with Crippen molar-refractivity contribution >= 4 is 29.3 Å². The van der Waals surface area contributed by atoms with E-state index in [0.29, 0.717) is 16.9 Å². The number of non-ortho nitro benzene ring substituents is 1. The molecule has 1 aromatic carbocycles. The Balaban J connectivity index is 1.59. The van der Waals surface area contributed by atoms with Gasteiger partial charge in [-0.1, -0.05) is 51.4 Å². The predicted octanol–water partition coefficient (Wildman–Crippen LogP) is 3.63. The summed E-state index contributed by atoms with van der Waals surface area (Å²) in [5.74, 6) is 0.673. The summed E-state index contributed by atoms with van der Waals surface area (Å²) < 4.78 is 0. The standard InChI is InChI=1S/C22H30N6O4S/c1-13(2)19(24-21(30)15-8-6-9-16(11-15)28(31)32)20-25-22(27-26-20)33-12-18(29)23-17-10-5-4-7-14(17)3/h6,8-9,11,13-14,17,19H,4-5,7,10,12H2,1-3H3,(H,23,29)(H,24,30)(H,25,26,27)/t14-,17+,19+/m1/s1. The summed E-state index contributed by atoms with van der Waals surface area (Å²) in [6, 6.07) is 5.31. The van der Waals surface area contributed by atoms with Crippen molar-refractivity contribution in [3.05, 3.63) is 45.8 Å². The smallest absolute Gasteiger partial charge is 0.270 e. The lowest BCUT2D eigenvalue weighted by Crippen LogP contribution is -2.41. The van der Waals surface area contributed by atoms with Gasteiger partial charge in [-0.2, -0.15) is 0 Å². The lowest BCUT2D eigenvalue weighted by atomic mass is 9.86. The summed E-state index contributed by atoms with van der Waals surface area (Å²) in [5.41, 5.74) is 0.0422. The van der Waals surface area contributed by atoms with Crippen LogP contribution < -0.4 is 10.6 Å². The first-order chi connectivity index (χ1) is 15.7. The van der Waals surface area contributed by atoms with Crippen LogP contribution in [0.15, 0.2) is 29.4 Å². The number of rotatable bonds is 9. The van der Waals surface area contributed by atoms with Crippen molar-refractivity contribution in [2.45, 2.75) is 63.7 Å². The molecule has 3 rings (SSSR count). The number of nitrogens with one attached hydrogen (secondary N) is 3. The molecule has 33 heavy (non-hydrogen) atoms. The van der Waals surface area contributed by atoms with Crippen LogP contribution in [-0.2, 0) is 4.79 Å². The van der Waals surface area contributed by atoms with Crippen molar-refractivity contribution in [2.24, 2.45) is 11.8 Å². The summed E-state index contributed by atoms with van der Waals surface area (Å²) in [4.78, 5) is 39.9. The fourth-order valence-corrected chi connectivity index (χ4v) is 4.52. The first-order valence-electron chi connectivity index (χ1n) is 11.1. The number of amides is 2. The Morgan fingerprint density at radius 3 is 2.76 bits per heavy atom. The van der Waals surface area contributed by atoms with E-state index >= 15 is 0 Å². The summed E-state index contributed by atoms with van der Waals surface area (Å²) in [6.07, 6.45) is 4.52. The van der Waals surface area contributed by atoms with Crippen LogP contribution in [0.25, 0.3) is 0 Å². The van der Waals surface area contributed by atoms with E-state index in [1.165, 1.54) is 42.4 Å². The first kappa shape index (κ1) is 24.7. The molecule has 0 spiro atoms. The van der Waals surface area contributed by atoms with E-state index in [-0.39, 0.29) is 34.9 Å². The van der Waals surface area contributed by atoms with Crippen molar-refractivity contribution in [1.29, 1.82) is 0 Å². The van der Waals surface area contributed by atoms with Crippen molar-refractivity contribution in [1.82, 2.24) is 25.8 Å². The minimum atomic E-state index is -0.540. The van der Waals surface area contributed by atoms with Gasteiger partial charge in [0.25, 0.3) is 11.6 Å². The van der Waals surface area contributed by atoms with Crippen LogP contribution >= 0.6 is 11.8 Å². The Kier molecular flexibility index (Phi) is 8.43. The number of carbonyl (C=O) groups excluding carboxylic acids is 2. The van der Waals surface area contributed by atoms with Crippen molar-refractivity contribution in [3.63, 3.8) is 0 Å². The van der Waals surface area contributed by atoms with Gasteiger partial charge in [-0.3, -0.25) is 24.8 Å². The Bertz CT molecular complexity index is 995. The summed E-state index contributed by atoms with van der Waals surface area (Å²) >= 11 is 1.24. The van der Waals surface area contributed by atoms with Gasteiger partial charge in [0.15, 0.2) is 0 Å². The lowest BCUT2D eigenvalue weighted by Gasteiger charge is -2.29. The van der Waals surface area contributed by atoms with Crippen LogP contribution in [0.1, 0.15) is 68.7 Å². The fourth-order valence-electron chi connectivity index (χ4n) is 3.91. The van der Waals surface area contributed by atoms with Crippen LogP contribution in [0.2, 0.25) is 0 Å². The van der Waals surface area contributed by atoms with E-state index < -0.39 is 16.9 Å². The Hall–Kier alpha value is -2.95. The molecule has 3 atom stereocenters. The highest BCUT2D eigenvalue weighted by molar-refractivity contribution is 7.99. The molecule has 11 heteroatoms. The van der Waals surface area contributed by atoms with Crippen molar-refractivity contribution in [2.75, 3.05) is 5.75 Å². The Labute approximate surface area is 196 Å². The number of H-pyrrole nitrogens is 1. The number of nitro benzene ring substituents is 1. The van der Waals surface area contributed by atoms with Crippen LogP contribution in [-0.4, -0.2) is 43.7 Å². The number of hydrogen-bond donors (Lipinski definition) is 3. The maximum Gasteiger partial charge on any atom is 0.270 e. The molecule has 0 unspecified atom stereocenters. The topological polar surface area (TPSA) is 143 Å². The monoisotopic (exact) mass is 474 g/mol. The van der Waals surface area contributed by atoms with Gasteiger partial charge in [0.05, 0.1) is 16.7 Å². The van der Waals surface area contributed by atoms with E-state index in [1.807, 2.05) is 13.8 Å². The molecule has 2 amide bonds. The number of hydrogen-bond acceptors (Lipinski definition) is 7. The minimum absolute atomic E-state index is 0.0189. The van der Waals surface area contributed by atoms with Crippen LogP contribution in [0, 0.1) is 22.0 Å². The van der Waals surface area contributed by atoms with Crippen LogP contribution in [0.3, 0.4) is 0 Å². The maximum absolute atomic E-state index is 12.7. The van der Waals surface area contributed by atoms with E-state index in [2.05, 4.69) is 32.7 Å². The molecule has 0 radical (unpaired) electrons. The average molecular weight is 475 g/mol. The van der Waals surface area contributed by atoms with Gasteiger partial charge in [0.1, 0.15) is 5.82 Å². The third-order valence-electron chi connectivity index (χ3n) is 5.84. The molecule has 2 aromatic rings. The number of nitrogens with zero attached hydrogens (tertiary/aromatic N) is 3. The zero-order chi connectivity index (χ0) is 24.0. The second-order valence-electron chi connectivity index (χ2n) is 8.73. The number of thioether (sulfide) groups is 1. The molecule has 1 heterocycles. The van der Waals surface area contributed by atoms with Gasteiger partial charge < -0.3 is 10.6 Å². The number of aromatic nitrogens is 3. The average Bonchev–Trinajstić information content (AvgIpc) is 3.26. The maximum atomic E-state index is 12.7. The third kappa shape index (κ3) is 6.77. The molecule has 1 aliphatic rings. The molecule has 0 bridgehead atoms. The van der Waals surface area contributed by atoms with Gasteiger partial charge >= 0.3 is 0 Å². The quantitative estimate of drug-likeness (QED) is 0.286. The highest BCUT2D eigenvalue weighted by atomic mass is 32.2.